The molecule has 0 aromatic heterocycles. The molecule has 132 valence electrons. The fourth-order valence-electron chi connectivity index (χ4n) is 2.72. The molecule has 0 radical (unpaired) electrons. The van der Waals surface area contributed by atoms with Gasteiger partial charge in [-0.05, 0) is 56.2 Å². The van der Waals surface area contributed by atoms with Gasteiger partial charge >= 0.3 is 0 Å². The zero-order valence-corrected chi connectivity index (χ0v) is 15.2. The van der Waals surface area contributed by atoms with Crippen molar-refractivity contribution in [1.82, 2.24) is 4.90 Å². The molecule has 0 aliphatic heterocycles. The van der Waals surface area contributed by atoms with Crippen LogP contribution in [0.1, 0.15) is 53.0 Å². The maximum absolute atomic E-state index is 12.6. The summed E-state index contributed by atoms with van der Waals surface area (Å²) in [5.41, 5.74) is 2.99. The first-order chi connectivity index (χ1) is 12.0. The number of carbonyl (C=O) groups excluding carboxylic acids is 2. The summed E-state index contributed by atoms with van der Waals surface area (Å²) in [5.74, 6) is -0.110. The van der Waals surface area contributed by atoms with Crippen LogP contribution in [0.3, 0.4) is 0 Å². The number of rotatable bonds is 7. The van der Waals surface area contributed by atoms with E-state index in [1.165, 1.54) is 0 Å². The Kier molecular flexibility index (Phi) is 6.75. The van der Waals surface area contributed by atoms with E-state index in [9.17, 15) is 9.59 Å². The molecule has 2 aromatic carbocycles. The standard InChI is InChI=1S/C21H26N2O2/c1-4-13-23(14-5-2)21(25)17-9-11-19(12-10-17)22-20(24)18-8-6-7-16(3)15-18/h6-12,15H,4-5,13-14H2,1-3H3,(H,22,24). The molecule has 0 saturated carbocycles. The first-order valence-corrected chi connectivity index (χ1v) is 8.82. The number of hydrogen-bond acceptors (Lipinski definition) is 2. The molecule has 0 aliphatic rings. The Hall–Kier alpha value is -2.62. The fraction of sp³-hybridized carbons (Fsp3) is 0.333. The molecule has 0 heterocycles. The van der Waals surface area contributed by atoms with Gasteiger partial charge in [-0.3, -0.25) is 9.59 Å². The molecule has 1 N–H and O–H groups in total. The maximum Gasteiger partial charge on any atom is 0.255 e. The van der Waals surface area contributed by atoms with Crippen molar-refractivity contribution in [3.05, 3.63) is 65.2 Å². The van der Waals surface area contributed by atoms with Gasteiger partial charge in [0, 0.05) is 29.9 Å². The van der Waals surface area contributed by atoms with Crippen molar-refractivity contribution in [2.24, 2.45) is 0 Å². The summed E-state index contributed by atoms with van der Waals surface area (Å²) in [7, 11) is 0. The molecule has 2 aromatic rings. The molecular weight excluding hydrogens is 312 g/mol. The van der Waals surface area contributed by atoms with E-state index < -0.39 is 0 Å². The number of benzene rings is 2. The second kappa shape index (κ2) is 9.02. The predicted octanol–water partition coefficient (Wildman–Crippen LogP) is 4.51. The third-order valence-corrected chi connectivity index (χ3v) is 3.94. The number of aryl methyl sites for hydroxylation is 1. The zero-order valence-electron chi connectivity index (χ0n) is 15.2. The Morgan fingerprint density at radius 3 is 2.12 bits per heavy atom. The Bertz CT molecular complexity index is 717. The number of hydrogen-bond donors (Lipinski definition) is 1. The number of carbonyl (C=O) groups is 2. The largest absolute Gasteiger partial charge is 0.339 e. The number of nitrogens with one attached hydrogen (secondary N) is 1. The van der Waals surface area contributed by atoms with Crippen molar-refractivity contribution in [3.63, 3.8) is 0 Å². The Morgan fingerprint density at radius 2 is 1.56 bits per heavy atom. The van der Waals surface area contributed by atoms with E-state index in [-0.39, 0.29) is 11.8 Å². The van der Waals surface area contributed by atoms with Gasteiger partial charge in [-0.2, -0.15) is 0 Å². The van der Waals surface area contributed by atoms with Crippen LogP contribution in [-0.2, 0) is 0 Å². The summed E-state index contributed by atoms with van der Waals surface area (Å²) < 4.78 is 0. The van der Waals surface area contributed by atoms with Gasteiger partial charge in [0.15, 0.2) is 0 Å². The van der Waals surface area contributed by atoms with Crippen LogP contribution in [0.2, 0.25) is 0 Å². The van der Waals surface area contributed by atoms with Crippen LogP contribution >= 0.6 is 0 Å². The SMILES string of the molecule is CCCN(CCC)C(=O)c1ccc(NC(=O)c2cccc(C)c2)cc1. The van der Waals surface area contributed by atoms with E-state index in [1.807, 2.05) is 30.0 Å². The van der Waals surface area contributed by atoms with Gasteiger partial charge < -0.3 is 10.2 Å². The second-order valence-electron chi connectivity index (χ2n) is 6.19. The summed E-state index contributed by atoms with van der Waals surface area (Å²) in [6, 6.07) is 14.5. The van der Waals surface area contributed by atoms with Crippen LogP contribution in [0.4, 0.5) is 5.69 Å². The van der Waals surface area contributed by atoms with Gasteiger partial charge in [-0.15, -0.1) is 0 Å². The van der Waals surface area contributed by atoms with Crippen molar-refractivity contribution >= 4 is 17.5 Å². The highest BCUT2D eigenvalue weighted by atomic mass is 16.2. The molecule has 25 heavy (non-hydrogen) atoms. The van der Waals surface area contributed by atoms with Gasteiger partial charge in [0.25, 0.3) is 11.8 Å². The summed E-state index contributed by atoms with van der Waals surface area (Å²) >= 11 is 0. The summed E-state index contributed by atoms with van der Waals surface area (Å²) in [4.78, 5) is 26.7. The van der Waals surface area contributed by atoms with Crippen LogP contribution in [0.15, 0.2) is 48.5 Å². The fourth-order valence-corrected chi connectivity index (χ4v) is 2.72. The Balaban J connectivity index is 2.06. The van der Waals surface area contributed by atoms with Crippen LogP contribution in [0, 0.1) is 6.92 Å². The van der Waals surface area contributed by atoms with Crippen molar-refractivity contribution in [2.45, 2.75) is 33.6 Å². The maximum atomic E-state index is 12.6. The highest BCUT2D eigenvalue weighted by Gasteiger charge is 2.14. The minimum atomic E-state index is -0.152. The van der Waals surface area contributed by atoms with Crippen molar-refractivity contribution in [3.8, 4) is 0 Å². The molecule has 4 heteroatoms. The molecule has 4 nitrogen and oxygen atoms in total. The lowest BCUT2D eigenvalue weighted by Gasteiger charge is -2.21. The van der Waals surface area contributed by atoms with Crippen LogP contribution in [0.5, 0.6) is 0 Å². The molecule has 0 aliphatic carbocycles. The summed E-state index contributed by atoms with van der Waals surface area (Å²) in [6.07, 6.45) is 1.88. The van der Waals surface area contributed by atoms with E-state index in [0.29, 0.717) is 16.8 Å². The lowest BCUT2D eigenvalue weighted by molar-refractivity contribution is 0.0755. The van der Waals surface area contributed by atoms with Gasteiger partial charge in [-0.25, -0.2) is 0 Å². The van der Waals surface area contributed by atoms with Crippen molar-refractivity contribution < 1.29 is 9.59 Å². The topological polar surface area (TPSA) is 49.4 Å². The highest BCUT2D eigenvalue weighted by molar-refractivity contribution is 6.04. The summed E-state index contributed by atoms with van der Waals surface area (Å²) in [6.45, 7) is 7.62. The zero-order chi connectivity index (χ0) is 18.2. The molecule has 0 saturated heterocycles. The van der Waals surface area contributed by atoms with Gasteiger partial charge in [0.05, 0.1) is 0 Å². The first-order valence-electron chi connectivity index (χ1n) is 8.82. The van der Waals surface area contributed by atoms with E-state index in [1.54, 1.807) is 30.3 Å². The smallest absolute Gasteiger partial charge is 0.255 e. The van der Waals surface area contributed by atoms with E-state index in [0.717, 1.165) is 31.5 Å². The molecule has 0 fully saturated rings. The van der Waals surface area contributed by atoms with Crippen LogP contribution < -0.4 is 5.32 Å². The van der Waals surface area contributed by atoms with Gasteiger partial charge in [0.1, 0.15) is 0 Å². The second-order valence-corrected chi connectivity index (χ2v) is 6.19. The Morgan fingerprint density at radius 1 is 0.920 bits per heavy atom. The predicted molar refractivity (Wildman–Crippen MR) is 102 cm³/mol. The van der Waals surface area contributed by atoms with Crippen LogP contribution in [-0.4, -0.2) is 29.8 Å². The third-order valence-electron chi connectivity index (χ3n) is 3.94. The lowest BCUT2D eigenvalue weighted by atomic mass is 10.1. The Labute approximate surface area is 149 Å². The van der Waals surface area contributed by atoms with Crippen molar-refractivity contribution in [2.75, 3.05) is 18.4 Å². The minimum Gasteiger partial charge on any atom is -0.339 e. The number of anilines is 1. The van der Waals surface area contributed by atoms with Crippen LogP contribution in [0.25, 0.3) is 0 Å². The quantitative estimate of drug-likeness (QED) is 0.807. The molecule has 2 amide bonds. The molecule has 0 unspecified atom stereocenters. The van der Waals surface area contributed by atoms with Gasteiger partial charge in [0.2, 0.25) is 0 Å². The number of amides is 2. The molecule has 0 bridgehead atoms. The third kappa shape index (κ3) is 5.18. The highest BCUT2D eigenvalue weighted by Crippen LogP contribution is 2.14. The molecular formula is C21H26N2O2. The van der Waals surface area contributed by atoms with E-state index in [2.05, 4.69) is 19.2 Å². The normalized spacial score (nSPS) is 10.4. The van der Waals surface area contributed by atoms with Crippen molar-refractivity contribution in [1.29, 1.82) is 0 Å². The van der Waals surface area contributed by atoms with E-state index in [4.69, 9.17) is 0 Å². The monoisotopic (exact) mass is 338 g/mol. The first kappa shape index (κ1) is 18.7. The molecule has 0 spiro atoms. The van der Waals surface area contributed by atoms with E-state index >= 15 is 0 Å². The minimum absolute atomic E-state index is 0.0419. The average Bonchev–Trinajstić information content (AvgIpc) is 2.61. The average molecular weight is 338 g/mol. The molecule has 0 atom stereocenters. The lowest BCUT2D eigenvalue weighted by Crippen LogP contribution is -2.32. The summed E-state index contributed by atoms with van der Waals surface area (Å²) in [5, 5.41) is 2.87. The number of nitrogens with zero attached hydrogens (tertiary/aromatic N) is 1. The van der Waals surface area contributed by atoms with Gasteiger partial charge in [-0.1, -0.05) is 31.5 Å². The molecule has 2 rings (SSSR count).